The van der Waals surface area contributed by atoms with Crippen LogP contribution in [-0.2, 0) is 6.54 Å². The van der Waals surface area contributed by atoms with Crippen LogP contribution in [0.15, 0.2) is 42.5 Å². The highest BCUT2D eigenvalue weighted by Gasteiger charge is 2.26. The van der Waals surface area contributed by atoms with Crippen molar-refractivity contribution >= 4 is 33.1 Å². The second-order valence-electron chi connectivity index (χ2n) is 7.80. The quantitative estimate of drug-likeness (QED) is 0.217. The van der Waals surface area contributed by atoms with E-state index in [9.17, 15) is 0 Å². The average Bonchev–Trinajstić information content (AvgIpc) is 3.55. The second-order valence-corrected chi connectivity index (χ2v) is 8.92. The van der Waals surface area contributed by atoms with Crippen molar-refractivity contribution in [2.45, 2.75) is 25.3 Å². The summed E-state index contributed by atoms with van der Waals surface area (Å²) in [5.74, 6) is 8.87. The summed E-state index contributed by atoms with van der Waals surface area (Å²) < 4.78 is 1.26. The van der Waals surface area contributed by atoms with Gasteiger partial charge in [-0.2, -0.15) is 0 Å². The molecule has 1 aromatic heterocycles. The number of thiazole rings is 1. The molecule has 1 saturated carbocycles. The topological polar surface area (TPSA) is 121 Å². The minimum Gasteiger partial charge on any atom is -0.384 e. The first-order valence-electron chi connectivity index (χ1n) is 10.3. The van der Waals surface area contributed by atoms with Gasteiger partial charge in [0, 0.05) is 37.4 Å². The number of hydrazine groups is 1. The van der Waals surface area contributed by atoms with Crippen LogP contribution in [0.4, 0.5) is 5.69 Å². The highest BCUT2D eigenvalue weighted by molar-refractivity contribution is 7.18. The van der Waals surface area contributed by atoms with Gasteiger partial charge in [0.25, 0.3) is 0 Å². The maximum absolute atomic E-state index is 7.96. The summed E-state index contributed by atoms with van der Waals surface area (Å²) in [7, 11) is 0. The summed E-state index contributed by atoms with van der Waals surface area (Å²) in [5.41, 5.74) is 10.4. The van der Waals surface area contributed by atoms with Crippen molar-refractivity contribution in [1.82, 2.24) is 9.88 Å². The van der Waals surface area contributed by atoms with Gasteiger partial charge >= 0.3 is 0 Å². The largest absolute Gasteiger partial charge is 0.384 e. The molecule has 1 saturated heterocycles. The van der Waals surface area contributed by atoms with Gasteiger partial charge in [0.15, 0.2) is 0 Å². The van der Waals surface area contributed by atoms with Gasteiger partial charge in [0.2, 0.25) is 0 Å². The maximum Gasteiger partial charge on any atom is 0.124 e. The van der Waals surface area contributed by atoms with Crippen LogP contribution in [-0.4, -0.2) is 41.9 Å². The zero-order valence-corrected chi connectivity index (χ0v) is 17.9. The van der Waals surface area contributed by atoms with Crippen molar-refractivity contribution in [3.63, 3.8) is 0 Å². The normalized spacial score (nSPS) is 16.9. The molecule has 0 atom stereocenters. The molecular formula is C22H29N7S. The van der Waals surface area contributed by atoms with Crippen LogP contribution in [0.5, 0.6) is 0 Å². The molecule has 3 aromatic rings. The highest BCUT2D eigenvalue weighted by Crippen LogP contribution is 2.41. The van der Waals surface area contributed by atoms with Crippen molar-refractivity contribution in [2.75, 3.05) is 31.1 Å². The molecule has 0 unspecified atom stereocenters. The average molecular weight is 424 g/mol. The lowest BCUT2D eigenvalue weighted by molar-refractivity contribution is 0.249. The smallest absolute Gasteiger partial charge is 0.124 e. The summed E-state index contributed by atoms with van der Waals surface area (Å²) in [5, 5.41) is 9.15. The number of hydrogen-bond acceptors (Lipinski definition) is 7. The number of nitrogens with two attached hydrogens (primary N) is 3. The molecule has 0 spiro atoms. The van der Waals surface area contributed by atoms with Crippen molar-refractivity contribution < 1.29 is 0 Å². The summed E-state index contributed by atoms with van der Waals surface area (Å²) in [4.78, 5) is 9.66. The highest BCUT2D eigenvalue weighted by atomic mass is 32.1. The van der Waals surface area contributed by atoms with E-state index in [2.05, 4.69) is 51.8 Å². The van der Waals surface area contributed by atoms with Crippen molar-refractivity contribution in [2.24, 2.45) is 17.4 Å². The molecule has 2 aromatic carbocycles. The Balaban J connectivity index is 0.00000106. The lowest BCUT2D eigenvalue weighted by Gasteiger charge is -2.36. The van der Waals surface area contributed by atoms with E-state index in [-0.39, 0.29) is 5.84 Å². The zero-order chi connectivity index (χ0) is 21.1. The number of anilines is 1. The molecule has 158 valence electrons. The van der Waals surface area contributed by atoms with Crippen LogP contribution in [0.2, 0.25) is 0 Å². The van der Waals surface area contributed by atoms with E-state index in [1.807, 2.05) is 12.1 Å². The molecule has 7 N–H and O–H groups in total. The summed E-state index contributed by atoms with van der Waals surface area (Å²) in [6, 6.07) is 14.8. The summed E-state index contributed by atoms with van der Waals surface area (Å²) >= 11 is 1.80. The van der Waals surface area contributed by atoms with Gasteiger partial charge in [-0.1, -0.05) is 18.2 Å². The van der Waals surface area contributed by atoms with Crippen molar-refractivity contribution in [3.8, 4) is 0 Å². The third kappa shape index (κ3) is 4.46. The molecular weight excluding hydrogens is 394 g/mol. The fraction of sp³-hybridized carbons (Fsp3) is 0.364. The summed E-state index contributed by atoms with van der Waals surface area (Å²) in [6.45, 7) is 4.83. The molecule has 2 aliphatic rings. The molecule has 0 radical (unpaired) electrons. The Morgan fingerprint density at radius 2 is 1.80 bits per heavy atom. The van der Waals surface area contributed by atoms with Gasteiger partial charge in [0.1, 0.15) is 10.8 Å². The molecule has 0 amide bonds. The van der Waals surface area contributed by atoms with E-state index >= 15 is 0 Å². The number of para-hydroxylation sites is 1. The second kappa shape index (κ2) is 9.09. The lowest BCUT2D eigenvalue weighted by atomic mass is 10.0. The van der Waals surface area contributed by atoms with E-state index in [1.54, 1.807) is 11.3 Å². The Hall–Kier alpha value is -2.52. The summed E-state index contributed by atoms with van der Waals surface area (Å²) in [6.07, 6.45) is 2.57. The fourth-order valence-electron chi connectivity index (χ4n) is 4.03. The number of piperazine rings is 1. The number of fused-ring (bicyclic) bond motifs is 1. The van der Waals surface area contributed by atoms with Crippen molar-refractivity contribution in [3.05, 3.63) is 58.6 Å². The molecule has 2 fully saturated rings. The Morgan fingerprint density at radius 3 is 2.47 bits per heavy atom. The molecule has 5 rings (SSSR count). The fourth-order valence-corrected chi connectivity index (χ4v) is 5.04. The Labute approximate surface area is 181 Å². The number of hydrogen-bond donors (Lipinski definition) is 4. The first-order valence-corrected chi connectivity index (χ1v) is 11.1. The van der Waals surface area contributed by atoms with Gasteiger partial charge < -0.3 is 10.6 Å². The zero-order valence-electron chi connectivity index (χ0n) is 17.1. The van der Waals surface area contributed by atoms with Gasteiger partial charge in [-0.15, -0.1) is 11.3 Å². The van der Waals surface area contributed by atoms with Gasteiger partial charge in [-0.3, -0.25) is 22.0 Å². The number of amidine groups is 1. The van der Waals surface area contributed by atoms with Crippen LogP contribution in [0, 0.1) is 5.41 Å². The Morgan fingerprint density at radius 1 is 1.07 bits per heavy atom. The maximum atomic E-state index is 7.96. The van der Waals surface area contributed by atoms with Crippen LogP contribution >= 0.6 is 11.3 Å². The Kier molecular flexibility index (Phi) is 6.29. The molecule has 1 aliphatic carbocycles. The van der Waals surface area contributed by atoms with E-state index in [0.717, 1.165) is 49.5 Å². The van der Waals surface area contributed by atoms with Gasteiger partial charge in [0.05, 0.1) is 16.8 Å². The predicted molar refractivity (Wildman–Crippen MR) is 125 cm³/mol. The molecule has 8 heteroatoms. The third-order valence-electron chi connectivity index (χ3n) is 5.77. The van der Waals surface area contributed by atoms with Crippen LogP contribution < -0.4 is 22.3 Å². The molecule has 2 heterocycles. The number of aromatic nitrogens is 1. The minimum atomic E-state index is 0.161. The number of nitrogens with one attached hydrogen (secondary N) is 1. The predicted octanol–water partition coefficient (Wildman–Crippen LogP) is 2.60. The van der Waals surface area contributed by atoms with Crippen LogP contribution in [0.1, 0.15) is 34.9 Å². The van der Waals surface area contributed by atoms with E-state index < -0.39 is 0 Å². The van der Waals surface area contributed by atoms with E-state index in [1.165, 1.54) is 28.1 Å². The Bertz CT molecular complexity index is 986. The minimum absolute atomic E-state index is 0.161. The molecule has 7 nitrogen and oxygen atoms in total. The van der Waals surface area contributed by atoms with E-state index in [4.69, 9.17) is 16.1 Å². The number of benzene rings is 2. The third-order valence-corrected chi connectivity index (χ3v) is 6.79. The molecule has 0 bridgehead atoms. The first-order chi connectivity index (χ1) is 14.7. The van der Waals surface area contributed by atoms with Crippen LogP contribution in [0.25, 0.3) is 10.2 Å². The van der Waals surface area contributed by atoms with E-state index in [0.29, 0.717) is 5.92 Å². The monoisotopic (exact) mass is 423 g/mol. The molecule has 30 heavy (non-hydrogen) atoms. The number of rotatable bonds is 5. The first kappa shape index (κ1) is 20.7. The van der Waals surface area contributed by atoms with Crippen LogP contribution in [0.3, 0.4) is 0 Å². The van der Waals surface area contributed by atoms with Gasteiger partial charge in [-0.05, 0) is 48.6 Å². The number of nitrogen functional groups attached to an aromatic ring is 1. The lowest BCUT2D eigenvalue weighted by Crippen LogP contribution is -2.46. The SMILES string of the molecule is N=C(N)c1ccc(C2CC2)cc1N1CCN(Cc2nc3ccccc3s2)CC1.NN. The van der Waals surface area contributed by atoms with Crippen molar-refractivity contribution in [1.29, 1.82) is 5.41 Å². The molecule has 1 aliphatic heterocycles. The number of nitrogens with zero attached hydrogens (tertiary/aromatic N) is 3. The standard InChI is InChI=1S/C22H25N5S.H4N2/c23-22(24)17-8-7-16(15-5-6-15)13-19(17)27-11-9-26(10-12-27)14-21-25-18-3-1-2-4-20(18)28-21;1-2/h1-4,7-8,13,15H,5-6,9-12,14H2,(H3,23,24);1-2H2. The van der Waals surface area contributed by atoms with Gasteiger partial charge in [-0.25, -0.2) is 4.98 Å².